The summed E-state index contributed by atoms with van der Waals surface area (Å²) in [4.78, 5) is 13.1. The van der Waals surface area contributed by atoms with Crippen LogP contribution in [0.2, 0.25) is 0 Å². The van der Waals surface area contributed by atoms with Crippen LogP contribution in [0.25, 0.3) is 0 Å². The van der Waals surface area contributed by atoms with Crippen LogP contribution < -0.4 is 10.5 Å². The highest BCUT2D eigenvalue weighted by Crippen LogP contribution is 2.26. The third-order valence-electron chi connectivity index (χ3n) is 2.06. The van der Waals surface area contributed by atoms with Crippen molar-refractivity contribution >= 4 is 27.5 Å². The van der Waals surface area contributed by atoms with Gasteiger partial charge in [0.2, 0.25) is 0 Å². The van der Waals surface area contributed by atoms with Gasteiger partial charge in [0.05, 0.1) is 5.69 Å². The van der Waals surface area contributed by atoms with Gasteiger partial charge in [0.25, 0.3) is 5.91 Å². The molecule has 0 saturated heterocycles. The van der Waals surface area contributed by atoms with Crippen molar-refractivity contribution in [2.45, 2.75) is 13.0 Å². The fourth-order valence-corrected chi connectivity index (χ4v) is 1.61. The van der Waals surface area contributed by atoms with Gasteiger partial charge in [-0.2, -0.15) is 0 Å². The van der Waals surface area contributed by atoms with Crippen LogP contribution in [-0.2, 0) is 4.79 Å². The van der Waals surface area contributed by atoms with Gasteiger partial charge in [-0.3, -0.25) is 4.79 Å². The van der Waals surface area contributed by atoms with E-state index in [2.05, 4.69) is 15.9 Å². The highest BCUT2D eigenvalue weighted by Gasteiger charge is 2.17. The largest absolute Gasteiger partial charge is 0.479 e. The van der Waals surface area contributed by atoms with E-state index in [1.807, 2.05) is 6.07 Å². The number of hydrogen-bond acceptors (Lipinski definition) is 3. The molecular weight excluding hydrogens is 272 g/mol. The number of nitrogen functional groups attached to an aromatic ring is 1. The molecule has 0 fully saturated rings. The Kier molecular flexibility index (Phi) is 4.18. The molecule has 0 radical (unpaired) electrons. The number of carbonyl (C=O) groups is 1. The van der Waals surface area contributed by atoms with Gasteiger partial charge in [0.1, 0.15) is 5.75 Å². The number of carbonyl (C=O) groups excluding carboxylic acids is 1. The minimum atomic E-state index is -0.543. The normalized spacial score (nSPS) is 12.0. The Bertz CT molecular complexity index is 394. The highest BCUT2D eigenvalue weighted by atomic mass is 79.9. The lowest BCUT2D eigenvalue weighted by molar-refractivity contribution is -0.135. The molecule has 0 saturated carbocycles. The molecule has 1 atom stereocenters. The molecule has 1 aromatic carbocycles. The van der Waals surface area contributed by atoms with Gasteiger partial charge in [-0.1, -0.05) is 15.9 Å². The highest BCUT2D eigenvalue weighted by molar-refractivity contribution is 9.10. The number of halogens is 1. The van der Waals surface area contributed by atoms with Crippen molar-refractivity contribution in [1.82, 2.24) is 4.90 Å². The molecule has 0 heterocycles. The lowest BCUT2D eigenvalue weighted by Crippen LogP contribution is -2.35. The molecule has 16 heavy (non-hydrogen) atoms. The van der Waals surface area contributed by atoms with E-state index in [9.17, 15) is 4.79 Å². The molecule has 4 nitrogen and oxygen atoms in total. The summed E-state index contributed by atoms with van der Waals surface area (Å²) in [6, 6.07) is 5.29. The minimum absolute atomic E-state index is 0.0951. The second kappa shape index (κ2) is 5.21. The fourth-order valence-electron chi connectivity index (χ4n) is 1.23. The Morgan fingerprint density at radius 1 is 1.50 bits per heavy atom. The number of benzene rings is 1. The lowest BCUT2D eigenvalue weighted by atomic mass is 10.3. The Hall–Kier alpha value is -1.23. The average Bonchev–Trinajstić information content (AvgIpc) is 2.20. The van der Waals surface area contributed by atoms with Crippen molar-refractivity contribution in [2.75, 3.05) is 19.8 Å². The third-order valence-corrected chi connectivity index (χ3v) is 2.56. The monoisotopic (exact) mass is 286 g/mol. The molecule has 0 bridgehead atoms. The SMILES string of the molecule is CC(Oc1ccc(Br)cc1N)C(=O)N(C)C. The molecule has 1 amide bonds. The van der Waals surface area contributed by atoms with Gasteiger partial charge in [0.15, 0.2) is 6.10 Å². The van der Waals surface area contributed by atoms with E-state index in [0.717, 1.165) is 4.47 Å². The molecular formula is C11H15BrN2O2. The minimum Gasteiger partial charge on any atom is -0.479 e. The van der Waals surface area contributed by atoms with Crippen molar-refractivity contribution < 1.29 is 9.53 Å². The van der Waals surface area contributed by atoms with Crippen molar-refractivity contribution in [3.05, 3.63) is 22.7 Å². The fraction of sp³-hybridized carbons (Fsp3) is 0.364. The summed E-state index contributed by atoms with van der Waals surface area (Å²) in [6.45, 7) is 1.70. The standard InChI is InChI=1S/C11H15BrN2O2/c1-7(11(15)14(2)3)16-10-5-4-8(12)6-9(10)13/h4-7H,13H2,1-3H3. The predicted octanol–water partition coefficient (Wildman–Crippen LogP) is 1.89. The number of nitrogens with zero attached hydrogens (tertiary/aromatic N) is 1. The Morgan fingerprint density at radius 3 is 2.62 bits per heavy atom. The van der Waals surface area contributed by atoms with E-state index in [1.165, 1.54) is 4.90 Å². The first-order valence-electron chi connectivity index (χ1n) is 4.84. The van der Waals surface area contributed by atoms with Crippen LogP contribution in [0.1, 0.15) is 6.92 Å². The molecule has 2 N–H and O–H groups in total. The summed E-state index contributed by atoms with van der Waals surface area (Å²) in [5, 5.41) is 0. The molecule has 0 spiro atoms. The van der Waals surface area contributed by atoms with Crippen LogP contribution in [0.3, 0.4) is 0 Å². The zero-order valence-corrected chi connectivity index (χ0v) is 11.1. The summed E-state index contributed by atoms with van der Waals surface area (Å²) < 4.78 is 6.36. The zero-order chi connectivity index (χ0) is 12.3. The summed E-state index contributed by atoms with van der Waals surface area (Å²) >= 11 is 3.30. The molecule has 1 aromatic rings. The Labute approximate surface area is 103 Å². The molecule has 0 aliphatic heterocycles. The number of ether oxygens (including phenoxy) is 1. The molecule has 0 aliphatic rings. The summed E-state index contributed by atoms with van der Waals surface area (Å²) in [5.41, 5.74) is 6.27. The smallest absolute Gasteiger partial charge is 0.262 e. The van der Waals surface area contributed by atoms with Crippen LogP contribution in [0, 0.1) is 0 Å². The van der Waals surface area contributed by atoms with Gasteiger partial charge < -0.3 is 15.4 Å². The van der Waals surface area contributed by atoms with E-state index in [0.29, 0.717) is 11.4 Å². The summed E-state index contributed by atoms with van der Waals surface area (Å²) in [5.74, 6) is 0.424. The Morgan fingerprint density at radius 2 is 2.12 bits per heavy atom. The molecule has 1 rings (SSSR count). The number of amides is 1. The van der Waals surface area contributed by atoms with Crippen molar-refractivity contribution in [3.63, 3.8) is 0 Å². The molecule has 5 heteroatoms. The molecule has 88 valence electrons. The first kappa shape index (κ1) is 12.8. The van der Waals surface area contributed by atoms with E-state index in [1.54, 1.807) is 33.2 Å². The van der Waals surface area contributed by atoms with Crippen molar-refractivity contribution in [3.8, 4) is 5.75 Å². The quantitative estimate of drug-likeness (QED) is 0.864. The zero-order valence-electron chi connectivity index (χ0n) is 9.53. The number of likely N-dealkylation sites (N-methyl/N-ethyl adjacent to an activating group) is 1. The van der Waals surface area contributed by atoms with Gasteiger partial charge >= 0.3 is 0 Å². The van der Waals surface area contributed by atoms with Crippen molar-refractivity contribution in [1.29, 1.82) is 0 Å². The van der Waals surface area contributed by atoms with Crippen LogP contribution in [0.5, 0.6) is 5.75 Å². The number of nitrogens with two attached hydrogens (primary N) is 1. The van der Waals surface area contributed by atoms with Crippen LogP contribution in [0.4, 0.5) is 5.69 Å². The molecule has 1 unspecified atom stereocenters. The summed E-state index contributed by atoms with van der Waals surface area (Å²) in [7, 11) is 3.38. The van der Waals surface area contributed by atoms with E-state index >= 15 is 0 Å². The second-order valence-electron chi connectivity index (χ2n) is 3.67. The number of anilines is 1. The van der Waals surface area contributed by atoms with Gasteiger partial charge in [-0.15, -0.1) is 0 Å². The van der Waals surface area contributed by atoms with Gasteiger partial charge in [-0.25, -0.2) is 0 Å². The average molecular weight is 287 g/mol. The maximum absolute atomic E-state index is 11.6. The second-order valence-corrected chi connectivity index (χ2v) is 4.59. The number of rotatable bonds is 3. The summed E-state index contributed by atoms with van der Waals surface area (Å²) in [6.07, 6.45) is -0.543. The maximum atomic E-state index is 11.6. The first-order chi connectivity index (χ1) is 7.41. The number of hydrogen-bond donors (Lipinski definition) is 1. The van der Waals surface area contributed by atoms with Gasteiger partial charge in [0, 0.05) is 18.6 Å². The van der Waals surface area contributed by atoms with Crippen LogP contribution in [0.15, 0.2) is 22.7 Å². The van der Waals surface area contributed by atoms with E-state index in [-0.39, 0.29) is 5.91 Å². The lowest BCUT2D eigenvalue weighted by Gasteiger charge is -2.19. The predicted molar refractivity (Wildman–Crippen MR) is 67.3 cm³/mol. The maximum Gasteiger partial charge on any atom is 0.262 e. The molecule has 0 aliphatic carbocycles. The molecule has 0 aromatic heterocycles. The van der Waals surface area contributed by atoms with Gasteiger partial charge in [-0.05, 0) is 25.1 Å². The van der Waals surface area contributed by atoms with E-state index < -0.39 is 6.10 Å². The Balaban J connectivity index is 2.77. The van der Waals surface area contributed by atoms with Crippen LogP contribution >= 0.6 is 15.9 Å². The van der Waals surface area contributed by atoms with E-state index in [4.69, 9.17) is 10.5 Å². The van der Waals surface area contributed by atoms with Crippen molar-refractivity contribution in [2.24, 2.45) is 0 Å². The first-order valence-corrected chi connectivity index (χ1v) is 5.64. The van der Waals surface area contributed by atoms with Crippen LogP contribution in [-0.4, -0.2) is 31.0 Å². The third kappa shape index (κ3) is 3.13. The topological polar surface area (TPSA) is 55.6 Å².